The minimum absolute atomic E-state index is 0.340. The van der Waals surface area contributed by atoms with E-state index in [0.717, 1.165) is 22.4 Å². The monoisotopic (exact) mass is 333 g/mol. The van der Waals surface area contributed by atoms with E-state index >= 15 is 0 Å². The Morgan fingerprint density at radius 1 is 1.08 bits per heavy atom. The molecule has 0 aliphatic heterocycles. The Morgan fingerprint density at radius 2 is 1.92 bits per heavy atom. The lowest BCUT2D eigenvalue weighted by Crippen LogP contribution is -2.17. The molecule has 0 N–H and O–H groups in total. The van der Waals surface area contributed by atoms with Crippen LogP contribution in [0.2, 0.25) is 0 Å². The molecule has 0 bridgehead atoms. The number of aryl methyl sites for hydroxylation is 1. The van der Waals surface area contributed by atoms with Crippen molar-refractivity contribution >= 4 is 16.7 Å². The van der Waals surface area contributed by atoms with E-state index in [0.29, 0.717) is 18.7 Å². The molecule has 0 saturated carbocycles. The lowest BCUT2D eigenvalue weighted by Gasteiger charge is -2.16. The zero-order valence-corrected chi connectivity index (χ0v) is 14.3. The van der Waals surface area contributed by atoms with Crippen LogP contribution in [0.15, 0.2) is 63.8 Å². The van der Waals surface area contributed by atoms with Crippen LogP contribution >= 0.6 is 0 Å². The van der Waals surface area contributed by atoms with Gasteiger partial charge in [0.05, 0.1) is 6.54 Å². The first-order valence-corrected chi connectivity index (χ1v) is 8.03. The van der Waals surface area contributed by atoms with Crippen molar-refractivity contribution in [2.75, 3.05) is 25.1 Å². The van der Waals surface area contributed by atoms with Crippen molar-refractivity contribution < 1.29 is 9.15 Å². The Kier molecular flexibility index (Phi) is 5.06. The summed E-state index contributed by atoms with van der Waals surface area (Å²) in [5.41, 5.74) is 2.36. The molecule has 0 unspecified atom stereocenters. The lowest BCUT2D eigenvalue weighted by molar-refractivity contribution is 0.367. The Labute approximate surface area is 146 Å². The van der Waals surface area contributed by atoms with E-state index in [1.165, 1.54) is 6.07 Å². The average Bonchev–Trinajstić information content (AvgIpc) is 2.62. The fraction of sp³-hybridized carbons (Fsp3) is 0.190. The number of hydrogen-bond acceptors (Lipinski definition) is 4. The van der Waals surface area contributed by atoms with E-state index in [9.17, 15) is 4.79 Å². The summed E-state index contributed by atoms with van der Waals surface area (Å²) in [5, 5.41) is 0.889. The SMILES string of the molecule is Cc1ccccc1OCC#CCN(C)c1ccc2oc(=O)ccc2c1. The number of fused-ring (bicyclic) bond motifs is 1. The summed E-state index contributed by atoms with van der Waals surface area (Å²) in [5.74, 6) is 7.00. The second-order valence-corrected chi connectivity index (χ2v) is 5.74. The highest BCUT2D eigenvalue weighted by molar-refractivity contribution is 5.80. The normalized spacial score (nSPS) is 10.2. The van der Waals surface area contributed by atoms with E-state index in [2.05, 4.69) is 11.8 Å². The van der Waals surface area contributed by atoms with Crippen LogP contribution in [0.1, 0.15) is 5.56 Å². The second kappa shape index (κ2) is 7.59. The van der Waals surface area contributed by atoms with Crippen LogP contribution in [0.25, 0.3) is 11.0 Å². The van der Waals surface area contributed by atoms with E-state index in [-0.39, 0.29) is 5.63 Å². The van der Waals surface area contributed by atoms with Gasteiger partial charge in [-0.25, -0.2) is 4.79 Å². The quantitative estimate of drug-likeness (QED) is 0.540. The lowest BCUT2D eigenvalue weighted by atomic mass is 10.2. The number of ether oxygens (including phenoxy) is 1. The standard InChI is InChI=1S/C21H19NO3/c1-16-7-3-4-8-19(16)24-14-6-5-13-22(2)18-10-11-20-17(15-18)9-12-21(23)25-20/h3-4,7-12,15H,13-14H2,1-2H3. The third-order valence-corrected chi connectivity index (χ3v) is 3.88. The van der Waals surface area contributed by atoms with E-state index in [4.69, 9.17) is 9.15 Å². The van der Waals surface area contributed by atoms with Crippen molar-refractivity contribution in [3.05, 3.63) is 70.6 Å². The number of hydrogen-bond donors (Lipinski definition) is 0. The topological polar surface area (TPSA) is 42.7 Å². The van der Waals surface area contributed by atoms with Gasteiger partial charge in [0.15, 0.2) is 0 Å². The molecule has 0 aliphatic carbocycles. The van der Waals surface area contributed by atoms with Crippen LogP contribution in [0.4, 0.5) is 5.69 Å². The molecule has 0 spiro atoms. The summed E-state index contributed by atoms with van der Waals surface area (Å²) in [6.45, 7) is 2.96. The molecule has 3 rings (SSSR count). The highest BCUT2D eigenvalue weighted by atomic mass is 16.5. The largest absolute Gasteiger partial charge is 0.481 e. The van der Waals surface area contributed by atoms with Gasteiger partial charge in [0.2, 0.25) is 0 Å². The van der Waals surface area contributed by atoms with Crippen LogP contribution in [0.3, 0.4) is 0 Å². The summed E-state index contributed by atoms with van der Waals surface area (Å²) in [6, 6.07) is 16.8. The van der Waals surface area contributed by atoms with Crippen LogP contribution in [0, 0.1) is 18.8 Å². The Bertz CT molecular complexity index is 995. The minimum atomic E-state index is -0.340. The van der Waals surface area contributed by atoms with Gasteiger partial charge in [0.25, 0.3) is 0 Å². The Balaban J connectivity index is 1.59. The average molecular weight is 333 g/mol. The summed E-state index contributed by atoms with van der Waals surface area (Å²) < 4.78 is 10.8. The van der Waals surface area contributed by atoms with E-state index in [1.807, 2.05) is 55.3 Å². The maximum Gasteiger partial charge on any atom is 0.336 e. The van der Waals surface area contributed by atoms with Crippen molar-refractivity contribution in [2.45, 2.75) is 6.92 Å². The zero-order valence-electron chi connectivity index (χ0n) is 14.3. The first-order valence-electron chi connectivity index (χ1n) is 8.03. The molecule has 4 heteroatoms. The number of nitrogens with zero attached hydrogens (tertiary/aromatic N) is 1. The third kappa shape index (κ3) is 4.21. The Morgan fingerprint density at radius 3 is 2.76 bits per heavy atom. The van der Waals surface area contributed by atoms with Crippen molar-refractivity contribution in [3.8, 4) is 17.6 Å². The predicted molar refractivity (Wildman–Crippen MR) is 100 cm³/mol. The summed E-state index contributed by atoms with van der Waals surface area (Å²) in [7, 11) is 1.97. The molecular weight excluding hydrogens is 314 g/mol. The number of rotatable bonds is 4. The van der Waals surface area contributed by atoms with Gasteiger partial charge >= 0.3 is 5.63 Å². The summed E-state index contributed by atoms with van der Waals surface area (Å²) >= 11 is 0. The van der Waals surface area contributed by atoms with Crippen LogP contribution in [-0.2, 0) is 0 Å². The molecule has 0 fully saturated rings. The molecule has 0 radical (unpaired) electrons. The summed E-state index contributed by atoms with van der Waals surface area (Å²) in [6.07, 6.45) is 0. The van der Waals surface area contributed by atoms with E-state index < -0.39 is 0 Å². The van der Waals surface area contributed by atoms with Gasteiger partial charge < -0.3 is 14.1 Å². The van der Waals surface area contributed by atoms with Crippen LogP contribution in [0.5, 0.6) is 5.75 Å². The van der Waals surface area contributed by atoms with Crippen molar-refractivity contribution in [1.29, 1.82) is 0 Å². The van der Waals surface area contributed by atoms with Crippen molar-refractivity contribution in [2.24, 2.45) is 0 Å². The number of anilines is 1. The highest BCUT2D eigenvalue weighted by Gasteiger charge is 2.02. The van der Waals surface area contributed by atoms with Gasteiger partial charge in [-0.15, -0.1) is 0 Å². The van der Waals surface area contributed by atoms with Gasteiger partial charge in [-0.1, -0.05) is 30.0 Å². The van der Waals surface area contributed by atoms with E-state index in [1.54, 1.807) is 12.1 Å². The van der Waals surface area contributed by atoms with Crippen molar-refractivity contribution in [3.63, 3.8) is 0 Å². The van der Waals surface area contributed by atoms with Gasteiger partial charge in [-0.3, -0.25) is 0 Å². The molecule has 3 aromatic rings. The highest BCUT2D eigenvalue weighted by Crippen LogP contribution is 2.20. The zero-order chi connectivity index (χ0) is 17.6. The maximum atomic E-state index is 11.2. The van der Waals surface area contributed by atoms with Crippen LogP contribution in [-0.4, -0.2) is 20.2 Å². The molecule has 1 aromatic heterocycles. The number of benzene rings is 2. The molecule has 0 aliphatic rings. The maximum absolute atomic E-state index is 11.2. The minimum Gasteiger partial charge on any atom is -0.481 e. The van der Waals surface area contributed by atoms with Gasteiger partial charge in [0.1, 0.15) is 17.9 Å². The summed E-state index contributed by atoms with van der Waals surface area (Å²) in [4.78, 5) is 13.3. The molecule has 2 aromatic carbocycles. The number of para-hydroxylation sites is 1. The third-order valence-electron chi connectivity index (χ3n) is 3.88. The molecule has 4 nitrogen and oxygen atoms in total. The fourth-order valence-corrected chi connectivity index (χ4v) is 2.45. The smallest absolute Gasteiger partial charge is 0.336 e. The van der Waals surface area contributed by atoms with Gasteiger partial charge in [-0.2, -0.15) is 0 Å². The van der Waals surface area contributed by atoms with Gasteiger partial charge in [0, 0.05) is 24.2 Å². The fourth-order valence-electron chi connectivity index (χ4n) is 2.45. The first-order chi connectivity index (χ1) is 12.1. The van der Waals surface area contributed by atoms with Gasteiger partial charge in [-0.05, 0) is 42.8 Å². The predicted octanol–water partition coefficient (Wildman–Crippen LogP) is 3.62. The molecule has 25 heavy (non-hydrogen) atoms. The Hall–Kier alpha value is -3.19. The first kappa shape index (κ1) is 16.7. The molecular formula is C21H19NO3. The molecule has 0 saturated heterocycles. The van der Waals surface area contributed by atoms with Crippen LogP contribution < -0.4 is 15.3 Å². The molecule has 126 valence electrons. The second-order valence-electron chi connectivity index (χ2n) is 5.74. The van der Waals surface area contributed by atoms with Crippen molar-refractivity contribution in [1.82, 2.24) is 0 Å². The molecule has 1 heterocycles. The molecule has 0 atom stereocenters. The molecule has 0 amide bonds.